The quantitative estimate of drug-likeness (QED) is 0.873. The second-order valence-electron chi connectivity index (χ2n) is 6.64. The zero-order chi connectivity index (χ0) is 14.9. The predicted molar refractivity (Wildman–Crippen MR) is 80.8 cm³/mol. The van der Waals surface area contributed by atoms with Crippen LogP contribution in [0.1, 0.15) is 68.7 Å². The summed E-state index contributed by atoms with van der Waals surface area (Å²) >= 11 is 3.18. The molecule has 1 fully saturated rings. The zero-order valence-corrected chi connectivity index (χ0v) is 13.8. The Kier molecular flexibility index (Phi) is 4.47. The van der Waals surface area contributed by atoms with E-state index in [4.69, 9.17) is 5.11 Å². The summed E-state index contributed by atoms with van der Waals surface area (Å²) in [5, 5.41) is 9.12. The van der Waals surface area contributed by atoms with Gasteiger partial charge in [-0.2, -0.15) is 0 Å². The summed E-state index contributed by atoms with van der Waals surface area (Å²) in [7, 11) is 0. The van der Waals surface area contributed by atoms with Gasteiger partial charge in [0.15, 0.2) is 5.69 Å². The average molecular weight is 341 g/mol. The van der Waals surface area contributed by atoms with Crippen molar-refractivity contribution in [2.24, 2.45) is 11.3 Å². The van der Waals surface area contributed by atoms with Crippen molar-refractivity contribution in [1.29, 1.82) is 0 Å². The molecule has 1 aliphatic carbocycles. The molecule has 1 aromatic heterocycles. The molecule has 0 spiro atoms. The van der Waals surface area contributed by atoms with Gasteiger partial charge in [-0.3, -0.25) is 0 Å². The Hall–Kier alpha value is -0.970. The van der Waals surface area contributed by atoms with Crippen molar-refractivity contribution in [2.75, 3.05) is 0 Å². The molecule has 2 rings (SSSR count). The summed E-state index contributed by atoms with van der Waals surface area (Å²) in [6.45, 7) is 6.87. The highest BCUT2D eigenvalue weighted by Gasteiger charge is 2.31. The molecule has 1 saturated carbocycles. The summed E-state index contributed by atoms with van der Waals surface area (Å²) in [5.74, 6) is 0.690. The van der Waals surface area contributed by atoms with Crippen molar-refractivity contribution in [2.45, 2.75) is 52.4 Å². The maximum Gasteiger partial charge on any atom is 0.355 e. The molecule has 0 radical (unpaired) electrons. The lowest BCUT2D eigenvalue weighted by Crippen LogP contribution is -2.26. The van der Waals surface area contributed by atoms with Gasteiger partial charge in [-0.1, -0.05) is 20.8 Å². The molecule has 4 nitrogen and oxygen atoms in total. The fourth-order valence-electron chi connectivity index (χ4n) is 2.95. The summed E-state index contributed by atoms with van der Waals surface area (Å²) < 4.78 is 0.442. The van der Waals surface area contributed by atoms with Gasteiger partial charge in [0.25, 0.3) is 0 Å². The Morgan fingerprint density at radius 2 is 1.90 bits per heavy atom. The van der Waals surface area contributed by atoms with Crippen LogP contribution < -0.4 is 0 Å². The minimum atomic E-state index is -1.01. The Morgan fingerprint density at radius 3 is 2.40 bits per heavy atom. The lowest BCUT2D eigenvalue weighted by molar-refractivity contribution is 0.0688. The summed E-state index contributed by atoms with van der Waals surface area (Å²) in [6.07, 6.45) is 5.97. The minimum Gasteiger partial charge on any atom is -0.476 e. The zero-order valence-electron chi connectivity index (χ0n) is 12.2. The number of carbonyl (C=O) groups is 1. The second-order valence-corrected chi connectivity index (χ2v) is 7.50. The number of rotatable bonds is 2. The van der Waals surface area contributed by atoms with Crippen LogP contribution in [0.2, 0.25) is 0 Å². The average Bonchev–Trinajstić information content (AvgIpc) is 2.38. The van der Waals surface area contributed by atoms with Crippen molar-refractivity contribution < 1.29 is 9.90 Å². The first-order valence-electron chi connectivity index (χ1n) is 7.04. The van der Waals surface area contributed by atoms with E-state index >= 15 is 0 Å². The number of aromatic nitrogens is 2. The van der Waals surface area contributed by atoms with Gasteiger partial charge in [-0.15, -0.1) is 0 Å². The van der Waals surface area contributed by atoms with Crippen molar-refractivity contribution in [1.82, 2.24) is 9.97 Å². The fraction of sp³-hybridized carbons (Fsp3) is 0.667. The highest BCUT2D eigenvalue weighted by atomic mass is 79.9. The molecule has 0 aromatic carbocycles. The molecule has 0 aliphatic heterocycles. The molecule has 1 aliphatic rings. The number of hydrogen-bond acceptors (Lipinski definition) is 3. The highest BCUT2D eigenvalue weighted by molar-refractivity contribution is 9.10. The van der Waals surface area contributed by atoms with Crippen LogP contribution in [-0.2, 0) is 0 Å². The smallest absolute Gasteiger partial charge is 0.355 e. The molecule has 0 atom stereocenters. The van der Waals surface area contributed by atoms with Gasteiger partial charge < -0.3 is 5.11 Å². The van der Waals surface area contributed by atoms with Crippen molar-refractivity contribution in [3.05, 3.63) is 22.2 Å². The van der Waals surface area contributed by atoms with Crippen LogP contribution in [0, 0.1) is 11.3 Å². The van der Waals surface area contributed by atoms with E-state index in [2.05, 4.69) is 46.7 Å². The lowest BCUT2D eigenvalue weighted by Gasteiger charge is -2.36. The van der Waals surface area contributed by atoms with Crippen LogP contribution in [0.5, 0.6) is 0 Å². The van der Waals surface area contributed by atoms with Gasteiger partial charge in [0.2, 0.25) is 0 Å². The molecule has 0 saturated heterocycles. The first-order valence-corrected chi connectivity index (χ1v) is 7.84. The highest BCUT2D eigenvalue weighted by Crippen LogP contribution is 2.42. The van der Waals surface area contributed by atoms with E-state index < -0.39 is 5.97 Å². The molecule has 0 amide bonds. The molecule has 0 unspecified atom stereocenters. The van der Waals surface area contributed by atoms with Gasteiger partial charge >= 0.3 is 5.97 Å². The van der Waals surface area contributed by atoms with Crippen LogP contribution >= 0.6 is 15.9 Å². The Balaban J connectivity index is 2.11. The third kappa shape index (κ3) is 3.37. The number of aromatic carboxylic acids is 1. The maximum atomic E-state index is 11.1. The molecular formula is C15H21BrN2O2. The van der Waals surface area contributed by atoms with Gasteiger partial charge in [0.1, 0.15) is 5.82 Å². The Morgan fingerprint density at radius 1 is 1.30 bits per heavy atom. The van der Waals surface area contributed by atoms with Gasteiger partial charge in [-0.25, -0.2) is 14.8 Å². The molecule has 1 N–H and O–H groups in total. The van der Waals surface area contributed by atoms with E-state index in [9.17, 15) is 4.79 Å². The van der Waals surface area contributed by atoms with Crippen molar-refractivity contribution in [3.8, 4) is 0 Å². The molecular weight excluding hydrogens is 320 g/mol. The van der Waals surface area contributed by atoms with Crippen LogP contribution in [0.25, 0.3) is 0 Å². The number of halogens is 1. The van der Waals surface area contributed by atoms with Gasteiger partial charge in [0.05, 0.1) is 4.47 Å². The SMILES string of the molecule is CC(C)(C)C1CCC(c2ncc(Br)c(C(=O)O)n2)CC1. The standard InChI is InChI=1S/C15H21BrN2O2/c1-15(2,3)10-6-4-9(5-7-10)13-17-8-11(16)12(18-13)14(19)20/h8-10H,4-7H2,1-3H3,(H,19,20). The number of carboxylic acids is 1. The molecule has 110 valence electrons. The molecule has 1 heterocycles. The number of hydrogen-bond donors (Lipinski definition) is 1. The van der Waals surface area contributed by atoms with E-state index in [1.165, 1.54) is 0 Å². The first kappa shape index (κ1) is 15.4. The van der Waals surface area contributed by atoms with Gasteiger partial charge in [-0.05, 0) is 52.9 Å². The maximum absolute atomic E-state index is 11.1. The van der Waals surface area contributed by atoms with Crippen LogP contribution in [0.3, 0.4) is 0 Å². The minimum absolute atomic E-state index is 0.0629. The van der Waals surface area contributed by atoms with E-state index in [0.29, 0.717) is 21.6 Å². The number of carboxylic acid groups (broad SMARTS) is 1. The summed E-state index contributed by atoms with van der Waals surface area (Å²) in [4.78, 5) is 19.7. The van der Waals surface area contributed by atoms with Crippen LogP contribution in [0.4, 0.5) is 0 Å². The van der Waals surface area contributed by atoms with Crippen molar-refractivity contribution >= 4 is 21.9 Å². The first-order chi connectivity index (χ1) is 9.29. The lowest BCUT2D eigenvalue weighted by atomic mass is 9.69. The van der Waals surface area contributed by atoms with Crippen LogP contribution in [0.15, 0.2) is 10.7 Å². The topological polar surface area (TPSA) is 63.1 Å². The Bertz CT molecular complexity index is 503. The largest absolute Gasteiger partial charge is 0.476 e. The van der Waals surface area contributed by atoms with Crippen molar-refractivity contribution in [3.63, 3.8) is 0 Å². The monoisotopic (exact) mass is 340 g/mol. The third-order valence-electron chi connectivity index (χ3n) is 4.28. The van der Waals surface area contributed by atoms with E-state index in [1.807, 2.05) is 0 Å². The van der Waals surface area contributed by atoms with Gasteiger partial charge in [0, 0.05) is 12.1 Å². The van der Waals surface area contributed by atoms with Crippen LogP contribution in [-0.4, -0.2) is 21.0 Å². The molecule has 0 bridgehead atoms. The summed E-state index contributed by atoms with van der Waals surface area (Å²) in [6, 6.07) is 0. The Labute approximate surface area is 128 Å². The molecule has 20 heavy (non-hydrogen) atoms. The number of nitrogens with zero attached hydrogens (tertiary/aromatic N) is 2. The predicted octanol–water partition coefficient (Wildman–Crippen LogP) is 4.26. The second kappa shape index (κ2) is 5.80. The normalized spacial score (nSPS) is 23.6. The summed E-state index contributed by atoms with van der Waals surface area (Å²) in [5.41, 5.74) is 0.408. The van der Waals surface area contributed by atoms with E-state index in [0.717, 1.165) is 31.6 Å². The molecule has 1 aromatic rings. The van der Waals surface area contributed by atoms with E-state index in [-0.39, 0.29) is 5.69 Å². The van der Waals surface area contributed by atoms with E-state index in [1.54, 1.807) is 6.20 Å². The molecule has 5 heteroatoms. The third-order valence-corrected chi connectivity index (χ3v) is 4.86. The fourth-order valence-corrected chi connectivity index (χ4v) is 3.31.